The third-order valence-corrected chi connectivity index (χ3v) is 4.34. The summed E-state index contributed by atoms with van der Waals surface area (Å²) in [6, 6.07) is 3.16. The van der Waals surface area contributed by atoms with Crippen molar-refractivity contribution in [3.8, 4) is 0 Å². The molecule has 4 nitrogen and oxygen atoms in total. The van der Waals surface area contributed by atoms with E-state index in [2.05, 4.69) is 15.6 Å². The van der Waals surface area contributed by atoms with E-state index in [4.69, 9.17) is 0 Å². The minimum Gasteiger partial charge on any atom is -0.326 e. The lowest BCUT2D eigenvalue weighted by atomic mass is 9.89. The van der Waals surface area contributed by atoms with Crippen LogP contribution in [0.1, 0.15) is 37.7 Å². The summed E-state index contributed by atoms with van der Waals surface area (Å²) in [6.07, 6.45) is 9.02. The van der Waals surface area contributed by atoms with Crippen LogP contribution in [-0.2, 0) is 4.79 Å². The van der Waals surface area contributed by atoms with E-state index in [1.54, 1.807) is 12.4 Å². The van der Waals surface area contributed by atoms with E-state index in [1.807, 2.05) is 13.0 Å². The van der Waals surface area contributed by atoms with Gasteiger partial charge in [0.25, 0.3) is 0 Å². The maximum atomic E-state index is 12.1. The van der Waals surface area contributed by atoms with Crippen LogP contribution in [0.25, 0.3) is 0 Å². The maximum absolute atomic E-state index is 12.1. The van der Waals surface area contributed by atoms with Crippen molar-refractivity contribution in [2.24, 2.45) is 5.92 Å². The number of aryl methyl sites for hydroxylation is 1. The number of amides is 1. The number of nitrogens with one attached hydrogen (secondary N) is 2. The van der Waals surface area contributed by atoms with Crippen LogP contribution in [0.2, 0.25) is 0 Å². The SMILES string of the molecule is Cc1cnccc1NC(=O)CC1CC2CCC(C1)N2. The molecule has 2 bridgehead atoms. The highest BCUT2D eigenvalue weighted by atomic mass is 16.1. The lowest BCUT2D eigenvalue weighted by molar-refractivity contribution is -0.117. The molecule has 2 unspecified atom stereocenters. The fourth-order valence-corrected chi connectivity index (χ4v) is 3.42. The van der Waals surface area contributed by atoms with E-state index in [0.717, 1.165) is 24.1 Å². The second-order valence-corrected chi connectivity index (χ2v) is 5.92. The van der Waals surface area contributed by atoms with Crippen molar-refractivity contribution in [3.63, 3.8) is 0 Å². The first kappa shape index (κ1) is 12.6. The normalized spacial score (nSPS) is 29.2. The Balaban J connectivity index is 1.56. The van der Waals surface area contributed by atoms with Gasteiger partial charge in [0.2, 0.25) is 5.91 Å². The number of carbonyl (C=O) groups excluding carboxylic acids is 1. The summed E-state index contributed by atoms with van der Waals surface area (Å²) in [5.41, 5.74) is 1.90. The molecule has 2 N–H and O–H groups in total. The molecule has 0 radical (unpaired) electrons. The molecule has 1 aromatic heterocycles. The number of nitrogens with zero attached hydrogens (tertiary/aromatic N) is 1. The van der Waals surface area contributed by atoms with Gasteiger partial charge in [-0.1, -0.05) is 0 Å². The quantitative estimate of drug-likeness (QED) is 0.875. The number of pyridine rings is 1. The van der Waals surface area contributed by atoms with Crippen molar-refractivity contribution < 1.29 is 4.79 Å². The van der Waals surface area contributed by atoms with Gasteiger partial charge in [0.1, 0.15) is 0 Å². The summed E-state index contributed by atoms with van der Waals surface area (Å²) in [5, 5.41) is 6.62. The van der Waals surface area contributed by atoms with Gasteiger partial charge in [-0.05, 0) is 50.2 Å². The molecule has 102 valence electrons. The smallest absolute Gasteiger partial charge is 0.224 e. The Hall–Kier alpha value is -1.42. The Labute approximate surface area is 114 Å². The lowest BCUT2D eigenvalue weighted by Crippen LogP contribution is -2.39. The van der Waals surface area contributed by atoms with Crippen molar-refractivity contribution in [2.45, 2.75) is 51.1 Å². The van der Waals surface area contributed by atoms with E-state index in [0.29, 0.717) is 24.4 Å². The van der Waals surface area contributed by atoms with Crippen LogP contribution >= 0.6 is 0 Å². The molecule has 19 heavy (non-hydrogen) atoms. The van der Waals surface area contributed by atoms with E-state index in [9.17, 15) is 4.79 Å². The van der Waals surface area contributed by atoms with Crippen molar-refractivity contribution in [3.05, 3.63) is 24.0 Å². The molecule has 2 aliphatic rings. The van der Waals surface area contributed by atoms with Crippen LogP contribution in [0.4, 0.5) is 5.69 Å². The van der Waals surface area contributed by atoms with Gasteiger partial charge < -0.3 is 10.6 Å². The molecule has 4 heteroatoms. The largest absolute Gasteiger partial charge is 0.326 e. The van der Waals surface area contributed by atoms with Crippen LogP contribution in [0.5, 0.6) is 0 Å². The number of hydrogen-bond donors (Lipinski definition) is 2. The standard InChI is InChI=1S/C15H21N3O/c1-10-9-16-5-4-14(10)18-15(19)8-11-6-12-2-3-13(7-11)17-12/h4-5,9,11-13,17H,2-3,6-8H2,1H3,(H,16,18,19). The first-order chi connectivity index (χ1) is 9.20. The maximum Gasteiger partial charge on any atom is 0.224 e. The zero-order valence-electron chi connectivity index (χ0n) is 11.4. The number of anilines is 1. The van der Waals surface area contributed by atoms with Gasteiger partial charge in [-0.25, -0.2) is 0 Å². The molecular weight excluding hydrogens is 238 g/mol. The Morgan fingerprint density at radius 2 is 2.16 bits per heavy atom. The van der Waals surface area contributed by atoms with Gasteiger partial charge in [0.05, 0.1) is 0 Å². The summed E-state index contributed by atoms with van der Waals surface area (Å²) in [6.45, 7) is 1.97. The molecule has 2 aliphatic heterocycles. The Bertz CT molecular complexity index is 462. The number of rotatable bonds is 3. The van der Waals surface area contributed by atoms with Crippen LogP contribution in [0.3, 0.4) is 0 Å². The summed E-state index contributed by atoms with van der Waals surface area (Å²) in [5.74, 6) is 0.682. The average molecular weight is 259 g/mol. The summed E-state index contributed by atoms with van der Waals surface area (Å²) in [7, 11) is 0. The van der Waals surface area contributed by atoms with Crippen molar-refractivity contribution in [1.29, 1.82) is 0 Å². The van der Waals surface area contributed by atoms with Crippen LogP contribution in [-0.4, -0.2) is 23.0 Å². The van der Waals surface area contributed by atoms with Crippen molar-refractivity contribution in [2.75, 3.05) is 5.32 Å². The molecular formula is C15H21N3O. The van der Waals surface area contributed by atoms with Crippen molar-refractivity contribution >= 4 is 11.6 Å². The van der Waals surface area contributed by atoms with Gasteiger partial charge in [0, 0.05) is 36.6 Å². The van der Waals surface area contributed by atoms with Gasteiger partial charge in [-0.15, -0.1) is 0 Å². The van der Waals surface area contributed by atoms with E-state index < -0.39 is 0 Å². The molecule has 2 saturated heterocycles. The predicted molar refractivity (Wildman–Crippen MR) is 74.9 cm³/mol. The van der Waals surface area contributed by atoms with E-state index >= 15 is 0 Å². The van der Waals surface area contributed by atoms with E-state index in [-0.39, 0.29) is 5.91 Å². The first-order valence-corrected chi connectivity index (χ1v) is 7.17. The number of carbonyl (C=O) groups is 1. The monoisotopic (exact) mass is 259 g/mol. The molecule has 3 rings (SSSR count). The highest BCUT2D eigenvalue weighted by Gasteiger charge is 2.34. The second kappa shape index (κ2) is 5.29. The van der Waals surface area contributed by atoms with Crippen LogP contribution in [0, 0.1) is 12.8 Å². The third kappa shape index (κ3) is 2.95. The van der Waals surface area contributed by atoms with Crippen LogP contribution in [0.15, 0.2) is 18.5 Å². The van der Waals surface area contributed by atoms with Crippen molar-refractivity contribution in [1.82, 2.24) is 10.3 Å². The fourth-order valence-electron chi connectivity index (χ4n) is 3.42. The lowest BCUT2D eigenvalue weighted by Gasteiger charge is -2.28. The Morgan fingerprint density at radius 1 is 1.42 bits per heavy atom. The van der Waals surface area contributed by atoms with Gasteiger partial charge in [0.15, 0.2) is 0 Å². The highest BCUT2D eigenvalue weighted by molar-refractivity contribution is 5.91. The topological polar surface area (TPSA) is 54.0 Å². The fraction of sp³-hybridized carbons (Fsp3) is 0.600. The minimum absolute atomic E-state index is 0.139. The number of hydrogen-bond acceptors (Lipinski definition) is 3. The first-order valence-electron chi connectivity index (χ1n) is 7.17. The molecule has 1 aromatic rings. The predicted octanol–water partition coefficient (Wildman–Crippen LogP) is 2.25. The second-order valence-electron chi connectivity index (χ2n) is 5.92. The number of aromatic nitrogens is 1. The molecule has 1 amide bonds. The zero-order valence-corrected chi connectivity index (χ0v) is 11.4. The Morgan fingerprint density at radius 3 is 2.84 bits per heavy atom. The third-order valence-electron chi connectivity index (χ3n) is 4.34. The number of fused-ring (bicyclic) bond motifs is 2. The summed E-state index contributed by atoms with van der Waals surface area (Å²) < 4.78 is 0. The molecule has 0 aromatic carbocycles. The van der Waals surface area contributed by atoms with Gasteiger partial charge >= 0.3 is 0 Å². The molecule has 0 aliphatic carbocycles. The molecule has 2 atom stereocenters. The summed E-state index contributed by atoms with van der Waals surface area (Å²) >= 11 is 0. The van der Waals surface area contributed by atoms with Crippen LogP contribution < -0.4 is 10.6 Å². The summed E-state index contributed by atoms with van der Waals surface area (Å²) in [4.78, 5) is 16.2. The average Bonchev–Trinajstić information content (AvgIpc) is 2.72. The van der Waals surface area contributed by atoms with Gasteiger partial charge in [-0.2, -0.15) is 0 Å². The molecule has 0 saturated carbocycles. The molecule has 3 heterocycles. The number of piperidine rings is 1. The zero-order chi connectivity index (χ0) is 13.2. The molecule has 0 spiro atoms. The molecule has 2 fully saturated rings. The van der Waals surface area contributed by atoms with Gasteiger partial charge in [-0.3, -0.25) is 9.78 Å². The Kier molecular flexibility index (Phi) is 3.51. The van der Waals surface area contributed by atoms with E-state index in [1.165, 1.54) is 12.8 Å². The minimum atomic E-state index is 0.139. The highest BCUT2D eigenvalue weighted by Crippen LogP contribution is 2.32.